The number of hydrogen-bond donors (Lipinski definition) is 2. The van der Waals surface area contributed by atoms with Gasteiger partial charge in [-0.15, -0.1) is 0 Å². The molecule has 2 N–H and O–H groups in total. The summed E-state index contributed by atoms with van der Waals surface area (Å²) in [5.74, 6) is 0.125. The van der Waals surface area contributed by atoms with Crippen LogP contribution in [0, 0.1) is 5.92 Å². The molecule has 1 fully saturated rings. The number of aliphatic hydroxyl groups is 1. The van der Waals surface area contributed by atoms with Crippen LogP contribution in [0.4, 0.5) is 5.82 Å². The molecule has 17 heavy (non-hydrogen) atoms. The zero-order valence-electron chi connectivity index (χ0n) is 9.41. The fraction of sp³-hybridized carbons (Fsp3) is 0.545. The normalized spacial score (nSPS) is 19.6. The summed E-state index contributed by atoms with van der Waals surface area (Å²) in [7, 11) is 0. The number of hydrogen-bond acceptors (Lipinski definition) is 5. The Hall–Kier alpha value is -1.69. The summed E-state index contributed by atoms with van der Waals surface area (Å²) >= 11 is 0. The van der Waals surface area contributed by atoms with Gasteiger partial charge in [-0.3, -0.25) is 0 Å². The lowest BCUT2D eigenvalue weighted by Gasteiger charge is -2.16. The molecule has 6 nitrogen and oxygen atoms in total. The van der Waals surface area contributed by atoms with Crippen molar-refractivity contribution < 1.29 is 15.0 Å². The number of nitrogens with zero attached hydrogens (tertiary/aromatic N) is 3. The predicted octanol–water partition coefficient (Wildman–Crippen LogP) is 0.384. The van der Waals surface area contributed by atoms with E-state index in [-0.39, 0.29) is 12.3 Å². The molecule has 1 atom stereocenters. The van der Waals surface area contributed by atoms with Crippen LogP contribution in [-0.4, -0.2) is 45.8 Å². The molecular formula is C11H15N3O3. The summed E-state index contributed by atoms with van der Waals surface area (Å²) in [6.07, 6.45) is 4.60. The van der Waals surface area contributed by atoms with Crippen molar-refractivity contribution >= 4 is 11.8 Å². The second-order valence-electron chi connectivity index (χ2n) is 4.18. The van der Waals surface area contributed by atoms with E-state index < -0.39 is 5.97 Å². The van der Waals surface area contributed by atoms with Gasteiger partial charge >= 0.3 is 5.97 Å². The molecule has 0 aromatic carbocycles. The van der Waals surface area contributed by atoms with Crippen molar-refractivity contribution in [2.45, 2.75) is 12.8 Å². The number of carbonyl (C=O) groups is 1. The van der Waals surface area contributed by atoms with Gasteiger partial charge in [-0.05, 0) is 18.8 Å². The van der Waals surface area contributed by atoms with Crippen LogP contribution in [0.5, 0.6) is 0 Å². The maximum atomic E-state index is 10.6. The van der Waals surface area contributed by atoms with E-state index in [1.807, 2.05) is 0 Å². The molecule has 1 unspecified atom stereocenters. The molecule has 6 heteroatoms. The highest BCUT2D eigenvalue weighted by Gasteiger charge is 2.23. The molecule has 0 aliphatic carbocycles. The lowest BCUT2D eigenvalue weighted by Crippen LogP contribution is -2.21. The van der Waals surface area contributed by atoms with Crippen molar-refractivity contribution in [3.8, 4) is 0 Å². The lowest BCUT2D eigenvalue weighted by atomic mass is 10.1. The summed E-state index contributed by atoms with van der Waals surface area (Å²) in [4.78, 5) is 20.6. The van der Waals surface area contributed by atoms with E-state index in [0.717, 1.165) is 25.9 Å². The summed E-state index contributed by atoms with van der Waals surface area (Å²) in [5.41, 5.74) is -0.0418. The van der Waals surface area contributed by atoms with Crippen molar-refractivity contribution in [1.29, 1.82) is 0 Å². The Labute approximate surface area is 98.9 Å². The summed E-state index contributed by atoms with van der Waals surface area (Å²) in [6.45, 7) is 1.94. The number of carboxylic acid groups (broad SMARTS) is 1. The van der Waals surface area contributed by atoms with E-state index >= 15 is 0 Å². The highest BCUT2D eigenvalue weighted by Crippen LogP contribution is 2.23. The molecule has 1 saturated heterocycles. The molecule has 0 saturated carbocycles. The van der Waals surface area contributed by atoms with E-state index in [1.54, 1.807) is 0 Å². The Morgan fingerprint density at radius 1 is 1.47 bits per heavy atom. The number of rotatable bonds is 4. The van der Waals surface area contributed by atoms with Crippen molar-refractivity contribution in [1.82, 2.24) is 9.97 Å². The van der Waals surface area contributed by atoms with Gasteiger partial charge in [0.1, 0.15) is 5.82 Å². The first-order valence-electron chi connectivity index (χ1n) is 5.62. The highest BCUT2D eigenvalue weighted by atomic mass is 16.4. The van der Waals surface area contributed by atoms with Gasteiger partial charge in [0.05, 0.1) is 12.4 Å². The van der Waals surface area contributed by atoms with Crippen LogP contribution in [0.2, 0.25) is 0 Å². The van der Waals surface area contributed by atoms with Gasteiger partial charge < -0.3 is 15.1 Å². The Bertz CT molecular complexity index is 393. The lowest BCUT2D eigenvalue weighted by molar-refractivity contribution is 0.0690. The third-order valence-electron chi connectivity index (χ3n) is 3.00. The third-order valence-corrected chi connectivity index (χ3v) is 3.00. The average Bonchev–Trinajstić information content (AvgIpc) is 2.78. The maximum Gasteiger partial charge on any atom is 0.356 e. The van der Waals surface area contributed by atoms with Crippen molar-refractivity contribution in [3.63, 3.8) is 0 Å². The SMILES string of the molecule is O=C(O)c1cnc(N2CCC(CCO)C2)cn1. The quantitative estimate of drug-likeness (QED) is 0.787. The van der Waals surface area contributed by atoms with Gasteiger partial charge in [0.15, 0.2) is 5.69 Å². The van der Waals surface area contributed by atoms with Gasteiger partial charge in [0.2, 0.25) is 0 Å². The number of aromatic nitrogens is 2. The van der Waals surface area contributed by atoms with E-state index in [9.17, 15) is 4.79 Å². The number of aliphatic hydroxyl groups excluding tert-OH is 1. The largest absolute Gasteiger partial charge is 0.476 e. The standard InChI is InChI=1S/C11H15N3O3/c15-4-2-8-1-3-14(7-8)10-6-12-9(5-13-10)11(16)17/h5-6,8,15H,1-4,7H2,(H,16,17). The summed E-state index contributed by atoms with van der Waals surface area (Å²) in [5, 5.41) is 17.6. The third kappa shape index (κ3) is 2.71. The minimum atomic E-state index is -1.07. The molecule has 1 aliphatic rings. The molecule has 1 aromatic heterocycles. The molecule has 1 aliphatic heterocycles. The van der Waals surface area contributed by atoms with Crippen LogP contribution >= 0.6 is 0 Å². The van der Waals surface area contributed by atoms with Crippen LogP contribution in [-0.2, 0) is 0 Å². The molecule has 2 rings (SSSR count). The molecule has 0 bridgehead atoms. The van der Waals surface area contributed by atoms with Crippen molar-refractivity contribution in [2.24, 2.45) is 5.92 Å². The topological polar surface area (TPSA) is 86.5 Å². The van der Waals surface area contributed by atoms with Crippen LogP contribution in [0.15, 0.2) is 12.4 Å². The first-order chi connectivity index (χ1) is 8.20. The van der Waals surface area contributed by atoms with Crippen LogP contribution < -0.4 is 4.90 Å². The predicted molar refractivity (Wildman–Crippen MR) is 61.0 cm³/mol. The van der Waals surface area contributed by atoms with Crippen LogP contribution in [0.1, 0.15) is 23.3 Å². The second kappa shape index (κ2) is 5.09. The number of aromatic carboxylic acids is 1. The minimum absolute atomic E-state index is 0.0418. The Morgan fingerprint density at radius 2 is 2.29 bits per heavy atom. The van der Waals surface area contributed by atoms with E-state index in [4.69, 9.17) is 10.2 Å². The van der Waals surface area contributed by atoms with Gasteiger partial charge in [0.25, 0.3) is 0 Å². The molecule has 92 valence electrons. The zero-order valence-corrected chi connectivity index (χ0v) is 9.41. The first-order valence-corrected chi connectivity index (χ1v) is 5.62. The Balaban J connectivity index is 2.01. The average molecular weight is 237 g/mol. The molecular weight excluding hydrogens is 222 g/mol. The van der Waals surface area contributed by atoms with Crippen LogP contribution in [0.3, 0.4) is 0 Å². The van der Waals surface area contributed by atoms with Gasteiger partial charge in [0, 0.05) is 19.7 Å². The van der Waals surface area contributed by atoms with Crippen molar-refractivity contribution in [3.05, 3.63) is 18.1 Å². The smallest absolute Gasteiger partial charge is 0.356 e. The number of anilines is 1. The summed E-state index contributed by atoms with van der Waals surface area (Å²) in [6, 6.07) is 0. The fourth-order valence-corrected chi connectivity index (χ4v) is 2.05. The zero-order chi connectivity index (χ0) is 12.3. The Kier molecular flexibility index (Phi) is 3.53. The minimum Gasteiger partial charge on any atom is -0.476 e. The highest BCUT2D eigenvalue weighted by molar-refractivity contribution is 5.84. The molecule has 1 aromatic rings. The molecule has 2 heterocycles. The van der Waals surface area contributed by atoms with E-state index in [0.29, 0.717) is 11.7 Å². The molecule has 0 radical (unpaired) electrons. The van der Waals surface area contributed by atoms with E-state index in [2.05, 4.69) is 14.9 Å². The first kappa shape index (κ1) is 11.8. The fourth-order valence-electron chi connectivity index (χ4n) is 2.05. The van der Waals surface area contributed by atoms with Gasteiger partial charge in [-0.1, -0.05) is 0 Å². The van der Waals surface area contributed by atoms with Crippen molar-refractivity contribution in [2.75, 3.05) is 24.6 Å². The second-order valence-corrected chi connectivity index (χ2v) is 4.18. The summed E-state index contributed by atoms with van der Waals surface area (Å²) < 4.78 is 0. The van der Waals surface area contributed by atoms with Gasteiger partial charge in [-0.2, -0.15) is 0 Å². The molecule has 0 spiro atoms. The Morgan fingerprint density at radius 3 is 2.88 bits per heavy atom. The van der Waals surface area contributed by atoms with E-state index in [1.165, 1.54) is 12.4 Å². The maximum absolute atomic E-state index is 10.6. The van der Waals surface area contributed by atoms with Gasteiger partial charge in [-0.25, -0.2) is 14.8 Å². The van der Waals surface area contributed by atoms with Crippen LogP contribution in [0.25, 0.3) is 0 Å². The monoisotopic (exact) mass is 237 g/mol. The number of carboxylic acids is 1. The molecule has 0 amide bonds.